The molecule has 4 aliphatic carbocycles. The van der Waals surface area contributed by atoms with Gasteiger partial charge in [0.05, 0.1) is 25.1 Å². The standard InChI is InChI=1S/C32H42N2O3/c1-31-10-9-28-27(8-7-24-18-25(35)19-30(36)32(24,28)2)29(31)17-23(20-31)15-22-5-3-6-26(16-22)37-14-4-12-34-13-11-33-21-34/h3,5-7,11,13,15-16,21,25,27-30,35-36H,4,8-10,12,14,17-20H2,1-2H3/t25-,27-,28+,29+,30-,31-,32+/m1/s1. The fraction of sp³-hybridized carbons (Fsp3) is 0.594. The van der Waals surface area contributed by atoms with E-state index in [9.17, 15) is 10.2 Å². The molecule has 0 spiro atoms. The zero-order valence-corrected chi connectivity index (χ0v) is 22.4. The average Bonchev–Trinajstić information content (AvgIpc) is 3.50. The van der Waals surface area contributed by atoms with Gasteiger partial charge in [-0.15, -0.1) is 0 Å². The topological polar surface area (TPSA) is 67.5 Å². The first-order valence-electron chi connectivity index (χ1n) is 14.3. The van der Waals surface area contributed by atoms with Crippen LogP contribution >= 0.6 is 0 Å². The van der Waals surface area contributed by atoms with E-state index >= 15 is 0 Å². The van der Waals surface area contributed by atoms with Gasteiger partial charge in [-0.3, -0.25) is 0 Å². The van der Waals surface area contributed by atoms with Gasteiger partial charge in [-0.1, -0.05) is 49.3 Å². The zero-order chi connectivity index (χ0) is 25.6. The number of allylic oxidation sites excluding steroid dienone is 2. The van der Waals surface area contributed by atoms with Crippen LogP contribution in [0.4, 0.5) is 0 Å². The highest BCUT2D eigenvalue weighted by molar-refractivity contribution is 5.56. The third kappa shape index (κ3) is 4.59. The minimum Gasteiger partial charge on any atom is -0.494 e. The fourth-order valence-corrected chi connectivity index (χ4v) is 8.48. The summed E-state index contributed by atoms with van der Waals surface area (Å²) in [5, 5.41) is 21.4. The summed E-state index contributed by atoms with van der Waals surface area (Å²) in [4.78, 5) is 4.09. The van der Waals surface area contributed by atoms with Gasteiger partial charge in [0.1, 0.15) is 5.75 Å². The number of aromatic nitrogens is 2. The fourth-order valence-electron chi connectivity index (χ4n) is 8.48. The summed E-state index contributed by atoms with van der Waals surface area (Å²) in [7, 11) is 0. The highest BCUT2D eigenvalue weighted by atomic mass is 16.5. The number of hydrogen-bond donors (Lipinski definition) is 2. The van der Waals surface area contributed by atoms with E-state index in [1.54, 1.807) is 5.57 Å². The lowest BCUT2D eigenvalue weighted by Gasteiger charge is -2.58. The second-order valence-corrected chi connectivity index (χ2v) is 12.7. The van der Waals surface area contributed by atoms with Crippen molar-refractivity contribution in [2.75, 3.05) is 6.61 Å². The van der Waals surface area contributed by atoms with Gasteiger partial charge in [-0.25, -0.2) is 4.98 Å². The molecule has 3 saturated carbocycles. The van der Waals surface area contributed by atoms with Crippen molar-refractivity contribution >= 4 is 6.08 Å². The minimum absolute atomic E-state index is 0.167. The molecule has 0 saturated heterocycles. The predicted molar refractivity (Wildman–Crippen MR) is 146 cm³/mol. The van der Waals surface area contributed by atoms with E-state index in [4.69, 9.17) is 4.74 Å². The van der Waals surface area contributed by atoms with Crippen LogP contribution in [0.25, 0.3) is 6.08 Å². The molecule has 37 heavy (non-hydrogen) atoms. The number of rotatable bonds is 6. The molecule has 3 fully saturated rings. The summed E-state index contributed by atoms with van der Waals surface area (Å²) in [6.45, 7) is 6.41. The largest absolute Gasteiger partial charge is 0.494 e. The van der Waals surface area contributed by atoms with Crippen molar-refractivity contribution in [1.29, 1.82) is 0 Å². The summed E-state index contributed by atoms with van der Waals surface area (Å²) < 4.78 is 8.14. The van der Waals surface area contributed by atoms with Gasteiger partial charge in [-0.05, 0) is 85.8 Å². The van der Waals surface area contributed by atoms with E-state index in [-0.39, 0.29) is 5.41 Å². The average molecular weight is 503 g/mol. The molecule has 5 heteroatoms. The third-order valence-electron chi connectivity index (χ3n) is 10.4. The lowest BCUT2D eigenvalue weighted by Crippen LogP contribution is -2.54. The van der Waals surface area contributed by atoms with E-state index < -0.39 is 12.2 Å². The minimum atomic E-state index is -0.432. The maximum atomic E-state index is 11.1. The van der Waals surface area contributed by atoms with E-state index in [1.165, 1.54) is 30.4 Å². The molecule has 1 aromatic heterocycles. The Balaban J connectivity index is 1.15. The van der Waals surface area contributed by atoms with Crippen LogP contribution in [0, 0.1) is 28.6 Å². The molecule has 2 aromatic rings. The number of ether oxygens (including phenoxy) is 1. The molecule has 4 aliphatic rings. The molecular formula is C32H42N2O3. The number of imidazole rings is 1. The SMILES string of the molecule is C[C@]12CC[C@H]3[C@@H](CC=C4C[C@@H](O)C[C@@H](O)[C@@]43C)[C@@H]1CC(=Cc1cccc(OCCCn3ccnc3)c1)C2. The number of aryl methyl sites for hydroxylation is 1. The zero-order valence-electron chi connectivity index (χ0n) is 22.4. The number of nitrogens with zero attached hydrogens (tertiary/aromatic N) is 2. The Morgan fingerprint density at radius 3 is 2.92 bits per heavy atom. The van der Waals surface area contributed by atoms with Crippen LogP contribution < -0.4 is 4.74 Å². The van der Waals surface area contributed by atoms with E-state index in [1.807, 2.05) is 18.7 Å². The lowest BCUT2D eigenvalue weighted by atomic mass is 9.47. The van der Waals surface area contributed by atoms with Crippen molar-refractivity contribution < 1.29 is 14.9 Å². The van der Waals surface area contributed by atoms with Crippen LogP contribution in [-0.2, 0) is 6.54 Å². The summed E-state index contributed by atoms with van der Waals surface area (Å²) in [5.74, 6) is 2.74. The van der Waals surface area contributed by atoms with Gasteiger partial charge < -0.3 is 19.5 Å². The number of aliphatic hydroxyl groups is 2. The molecule has 0 amide bonds. The van der Waals surface area contributed by atoms with Gasteiger partial charge in [0.2, 0.25) is 0 Å². The summed E-state index contributed by atoms with van der Waals surface area (Å²) >= 11 is 0. The Bertz CT molecular complexity index is 1170. The van der Waals surface area contributed by atoms with Crippen molar-refractivity contribution in [3.8, 4) is 5.75 Å². The highest BCUT2D eigenvalue weighted by Crippen LogP contribution is 2.65. The van der Waals surface area contributed by atoms with Crippen LogP contribution in [0.3, 0.4) is 0 Å². The first-order chi connectivity index (χ1) is 17.8. The van der Waals surface area contributed by atoms with Crippen molar-refractivity contribution in [1.82, 2.24) is 9.55 Å². The second-order valence-electron chi connectivity index (χ2n) is 12.7. The van der Waals surface area contributed by atoms with Gasteiger partial charge in [0.25, 0.3) is 0 Å². The molecule has 7 atom stereocenters. The molecule has 5 nitrogen and oxygen atoms in total. The van der Waals surface area contributed by atoms with Crippen molar-refractivity contribution in [3.63, 3.8) is 0 Å². The van der Waals surface area contributed by atoms with Crippen LogP contribution in [0.15, 0.2) is 60.2 Å². The number of hydrogen-bond acceptors (Lipinski definition) is 4. The molecule has 6 rings (SSSR count). The van der Waals surface area contributed by atoms with Crippen molar-refractivity contribution in [3.05, 3.63) is 65.8 Å². The molecule has 0 aliphatic heterocycles. The lowest BCUT2D eigenvalue weighted by molar-refractivity contribution is -0.0992. The molecule has 2 N–H and O–H groups in total. The van der Waals surface area contributed by atoms with E-state index in [0.717, 1.165) is 38.0 Å². The maximum Gasteiger partial charge on any atom is 0.119 e. The number of aliphatic hydroxyl groups excluding tert-OH is 2. The Hall–Kier alpha value is -2.37. The highest BCUT2D eigenvalue weighted by Gasteiger charge is 2.58. The third-order valence-corrected chi connectivity index (χ3v) is 10.4. The van der Waals surface area contributed by atoms with Crippen LogP contribution in [0.5, 0.6) is 5.75 Å². The molecule has 1 aromatic carbocycles. The first-order valence-corrected chi connectivity index (χ1v) is 14.3. The summed E-state index contributed by atoms with van der Waals surface area (Å²) in [6, 6.07) is 8.53. The molecule has 0 bridgehead atoms. The quantitative estimate of drug-likeness (QED) is 0.374. The molecule has 0 radical (unpaired) electrons. The molecular weight excluding hydrogens is 460 g/mol. The smallest absolute Gasteiger partial charge is 0.119 e. The second kappa shape index (κ2) is 9.74. The van der Waals surface area contributed by atoms with Crippen LogP contribution in [-0.4, -0.2) is 38.6 Å². The normalized spacial score (nSPS) is 38.0. The maximum absolute atomic E-state index is 11.1. The number of benzene rings is 1. The Morgan fingerprint density at radius 1 is 1.19 bits per heavy atom. The van der Waals surface area contributed by atoms with Crippen molar-refractivity contribution in [2.24, 2.45) is 28.6 Å². The summed E-state index contributed by atoms with van der Waals surface area (Å²) in [5.41, 5.74) is 4.29. The van der Waals surface area contributed by atoms with Crippen LogP contribution in [0.2, 0.25) is 0 Å². The van der Waals surface area contributed by atoms with Gasteiger partial charge in [0.15, 0.2) is 0 Å². The number of fused-ring (bicyclic) bond motifs is 5. The molecule has 1 heterocycles. The Morgan fingerprint density at radius 2 is 2.08 bits per heavy atom. The van der Waals surface area contributed by atoms with Crippen LogP contribution in [0.1, 0.15) is 70.8 Å². The Labute approximate surface area is 221 Å². The first kappa shape index (κ1) is 24.9. The van der Waals surface area contributed by atoms with E-state index in [2.05, 4.69) is 59.8 Å². The monoisotopic (exact) mass is 502 g/mol. The van der Waals surface area contributed by atoms with Crippen molar-refractivity contribution in [2.45, 2.75) is 84.0 Å². The Kier molecular flexibility index (Phi) is 6.57. The predicted octanol–water partition coefficient (Wildman–Crippen LogP) is 6.03. The molecule has 198 valence electrons. The van der Waals surface area contributed by atoms with Gasteiger partial charge in [0, 0.05) is 30.8 Å². The van der Waals surface area contributed by atoms with Gasteiger partial charge in [-0.2, -0.15) is 0 Å². The van der Waals surface area contributed by atoms with Gasteiger partial charge >= 0.3 is 0 Å². The molecule has 0 unspecified atom stereocenters. The van der Waals surface area contributed by atoms with E-state index in [0.29, 0.717) is 36.2 Å². The summed E-state index contributed by atoms with van der Waals surface area (Å²) in [6.07, 6.45) is 17.7.